The van der Waals surface area contributed by atoms with Crippen molar-refractivity contribution >= 4 is 5.97 Å². The lowest BCUT2D eigenvalue weighted by Crippen LogP contribution is -2.13. The standard InChI is InChI=1S/C8H9N2O3/c1-5(2)13-8(12)6-7(11)10-4-3-9-6/h3-5H,1-2H3. The first-order chi connectivity index (χ1) is 6.11. The van der Waals surface area contributed by atoms with E-state index in [9.17, 15) is 9.90 Å². The van der Waals surface area contributed by atoms with Gasteiger partial charge in [-0.2, -0.15) is 0 Å². The molecule has 1 aromatic heterocycles. The van der Waals surface area contributed by atoms with Gasteiger partial charge in [0.05, 0.1) is 6.10 Å². The zero-order chi connectivity index (χ0) is 9.84. The van der Waals surface area contributed by atoms with Crippen molar-refractivity contribution in [2.75, 3.05) is 0 Å². The van der Waals surface area contributed by atoms with Crippen LogP contribution in [0.3, 0.4) is 0 Å². The molecule has 0 unspecified atom stereocenters. The predicted molar refractivity (Wildman–Crippen MR) is 42.7 cm³/mol. The minimum atomic E-state index is -0.729. The molecule has 0 aliphatic carbocycles. The molecule has 1 aromatic rings. The fourth-order valence-electron chi connectivity index (χ4n) is 0.735. The summed E-state index contributed by atoms with van der Waals surface area (Å²) in [6.45, 7) is 3.39. The molecular formula is C8H9N2O3. The summed E-state index contributed by atoms with van der Waals surface area (Å²) in [4.78, 5) is 18.1. The molecule has 0 aliphatic rings. The van der Waals surface area contributed by atoms with Crippen LogP contribution in [-0.4, -0.2) is 22.0 Å². The Morgan fingerprint density at radius 3 is 2.54 bits per heavy atom. The van der Waals surface area contributed by atoms with Crippen molar-refractivity contribution in [1.29, 1.82) is 0 Å². The molecule has 0 amide bonds. The quantitative estimate of drug-likeness (QED) is 0.642. The predicted octanol–water partition coefficient (Wildman–Crippen LogP) is 1.19. The van der Waals surface area contributed by atoms with E-state index in [1.165, 1.54) is 12.4 Å². The SMILES string of the molecule is CC(C)OC(=O)c1nccnc1[O]. The van der Waals surface area contributed by atoms with Gasteiger partial charge < -0.3 is 4.74 Å². The maximum Gasteiger partial charge on any atom is 0.363 e. The summed E-state index contributed by atoms with van der Waals surface area (Å²) in [5.41, 5.74) is -0.267. The molecule has 0 N–H and O–H groups in total. The highest BCUT2D eigenvalue weighted by atomic mass is 16.5. The second-order valence-electron chi connectivity index (χ2n) is 2.66. The van der Waals surface area contributed by atoms with Crippen LogP contribution in [0.5, 0.6) is 5.88 Å². The average molecular weight is 181 g/mol. The minimum Gasteiger partial charge on any atom is -0.458 e. The van der Waals surface area contributed by atoms with Crippen molar-refractivity contribution < 1.29 is 14.6 Å². The fraction of sp³-hybridized carbons (Fsp3) is 0.375. The minimum absolute atomic E-state index is 0.267. The number of carbonyl (C=O) groups excluding carboxylic acids is 1. The maximum atomic E-state index is 11.2. The summed E-state index contributed by atoms with van der Waals surface area (Å²) in [5.74, 6) is -1.39. The molecule has 0 fully saturated rings. The Balaban J connectivity index is 2.83. The summed E-state index contributed by atoms with van der Waals surface area (Å²) in [6.07, 6.45) is 2.24. The molecule has 1 rings (SSSR count). The molecule has 0 saturated heterocycles. The number of rotatable bonds is 2. The number of esters is 1. The third-order valence-electron chi connectivity index (χ3n) is 1.20. The molecule has 1 radical (unpaired) electrons. The van der Waals surface area contributed by atoms with Gasteiger partial charge in [0, 0.05) is 12.4 Å². The number of aromatic nitrogens is 2. The lowest BCUT2D eigenvalue weighted by atomic mass is 10.4. The van der Waals surface area contributed by atoms with Crippen LogP contribution in [0, 0.1) is 0 Å². The van der Waals surface area contributed by atoms with Crippen LogP contribution in [0.2, 0.25) is 0 Å². The van der Waals surface area contributed by atoms with Gasteiger partial charge in [0.1, 0.15) is 0 Å². The van der Waals surface area contributed by atoms with E-state index >= 15 is 0 Å². The van der Waals surface area contributed by atoms with Gasteiger partial charge in [-0.1, -0.05) is 0 Å². The van der Waals surface area contributed by atoms with E-state index in [0.29, 0.717) is 0 Å². The Morgan fingerprint density at radius 1 is 1.38 bits per heavy atom. The van der Waals surface area contributed by atoms with E-state index < -0.39 is 11.8 Å². The van der Waals surface area contributed by atoms with Crippen molar-refractivity contribution in [3.8, 4) is 5.88 Å². The summed E-state index contributed by atoms with van der Waals surface area (Å²) < 4.78 is 4.78. The van der Waals surface area contributed by atoms with Crippen LogP contribution in [0.15, 0.2) is 12.4 Å². The molecule has 5 heteroatoms. The third kappa shape index (κ3) is 2.40. The molecular weight excluding hydrogens is 172 g/mol. The maximum absolute atomic E-state index is 11.2. The smallest absolute Gasteiger partial charge is 0.363 e. The Hall–Kier alpha value is -1.65. The molecule has 0 aromatic carbocycles. The van der Waals surface area contributed by atoms with E-state index in [-0.39, 0.29) is 11.8 Å². The zero-order valence-electron chi connectivity index (χ0n) is 7.35. The van der Waals surface area contributed by atoms with Crippen LogP contribution in [0.25, 0.3) is 0 Å². The molecule has 0 spiro atoms. The monoisotopic (exact) mass is 181 g/mol. The number of nitrogens with zero attached hydrogens (tertiary/aromatic N) is 2. The molecule has 0 bridgehead atoms. The Morgan fingerprint density at radius 2 is 2.00 bits per heavy atom. The molecule has 0 aliphatic heterocycles. The molecule has 0 atom stereocenters. The summed E-state index contributed by atoms with van der Waals surface area (Å²) in [7, 11) is 0. The Bertz CT molecular complexity index is 312. The third-order valence-corrected chi connectivity index (χ3v) is 1.20. The summed E-state index contributed by atoms with van der Waals surface area (Å²) in [6, 6.07) is 0. The van der Waals surface area contributed by atoms with Crippen LogP contribution in [-0.2, 0) is 9.84 Å². The highest BCUT2D eigenvalue weighted by Crippen LogP contribution is 2.11. The number of ether oxygens (including phenoxy) is 1. The van der Waals surface area contributed by atoms with Gasteiger partial charge in [0.25, 0.3) is 0 Å². The van der Waals surface area contributed by atoms with Crippen molar-refractivity contribution in [1.82, 2.24) is 9.97 Å². The van der Waals surface area contributed by atoms with Gasteiger partial charge >= 0.3 is 11.8 Å². The average Bonchev–Trinajstić information content (AvgIpc) is 2.03. The van der Waals surface area contributed by atoms with Crippen molar-refractivity contribution in [3.05, 3.63) is 18.1 Å². The fourth-order valence-corrected chi connectivity index (χ4v) is 0.735. The Labute approximate surface area is 75.4 Å². The number of carbonyl (C=O) groups is 1. The van der Waals surface area contributed by atoms with Gasteiger partial charge in [-0.25, -0.2) is 14.8 Å². The normalized spacial score (nSPS) is 10.1. The van der Waals surface area contributed by atoms with E-state index in [0.717, 1.165) is 0 Å². The van der Waals surface area contributed by atoms with Crippen molar-refractivity contribution in [2.24, 2.45) is 0 Å². The molecule has 0 saturated carbocycles. The van der Waals surface area contributed by atoms with Crippen molar-refractivity contribution in [2.45, 2.75) is 20.0 Å². The first-order valence-electron chi connectivity index (χ1n) is 3.80. The van der Waals surface area contributed by atoms with Crippen LogP contribution < -0.4 is 0 Å². The highest BCUT2D eigenvalue weighted by molar-refractivity contribution is 5.89. The lowest BCUT2D eigenvalue weighted by molar-refractivity contribution is 0.0364. The van der Waals surface area contributed by atoms with Crippen molar-refractivity contribution in [3.63, 3.8) is 0 Å². The van der Waals surface area contributed by atoms with E-state index in [1.807, 2.05) is 0 Å². The first kappa shape index (κ1) is 9.44. The lowest BCUT2D eigenvalue weighted by Gasteiger charge is -2.06. The second kappa shape index (κ2) is 3.84. The molecule has 1 heterocycles. The van der Waals surface area contributed by atoms with E-state index in [1.54, 1.807) is 13.8 Å². The summed E-state index contributed by atoms with van der Waals surface area (Å²) in [5, 5.41) is 11.0. The van der Waals surface area contributed by atoms with Crippen LogP contribution >= 0.6 is 0 Å². The second-order valence-corrected chi connectivity index (χ2v) is 2.66. The van der Waals surface area contributed by atoms with Crippen LogP contribution in [0.4, 0.5) is 0 Å². The highest BCUT2D eigenvalue weighted by Gasteiger charge is 2.17. The van der Waals surface area contributed by atoms with Gasteiger partial charge in [-0.05, 0) is 13.8 Å². The Kier molecular flexibility index (Phi) is 2.79. The van der Waals surface area contributed by atoms with Gasteiger partial charge in [-0.3, -0.25) is 5.11 Å². The van der Waals surface area contributed by atoms with Gasteiger partial charge in [-0.15, -0.1) is 0 Å². The van der Waals surface area contributed by atoms with E-state index in [4.69, 9.17) is 4.74 Å². The molecule has 5 nitrogen and oxygen atoms in total. The van der Waals surface area contributed by atoms with E-state index in [2.05, 4.69) is 9.97 Å². The molecule has 13 heavy (non-hydrogen) atoms. The van der Waals surface area contributed by atoms with Gasteiger partial charge in [0.2, 0.25) is 5.69 Å². The first-order valence-corrected chi connectivity index (χ1v) is 3.80. The van der Waals surface area contributed by atoms with Crippen LogP contribution in [0.1, 0.15) is 24.3 Å². The molecule has 69 valence electrons. The topological polar surface area (TPSA) is 72.0 Å². The largest absolute Gasteiger partial charge is 0.458 e. The summed E-state index contributed by atoms with van der Waals surface area (Å²) >= 11 is 0. The van der Waals surface area contributed by atoms with Gasteiger partial charge in [0.15, 0.2) is 0 Å². The zero-order valence-corrected chi connectivity index (χ0v) is 7.35. The number of hydrogen-bond donors (Lipinski definition) is 0. The number of hydrogen-bond acceptors (Lipinski definition) is 4.